The highest BCUT2D eigenvalue weighted by Gasteiger charge is 2.46. The Kier molecular flexibility index (Phi) is 5.24. The Bertz CT molecular complexity index is 749. The molecule has 0 radical (unpaired) electrons. The normalized spacial score (nSPS) is 16.8. The maximum absolute atomic E-state index is 13.5. The zero-order valence-corrected chi connectivity index (χ0v) is 15.0. The minimum atomic E-state index is -4.70. The molecule has 3 rings (SSSR count). The van der Waals surface area contributed by atoms with Crippen molar-refractivity contribution in [1.29, 1.82) is 0 Å². The predicted molar refractivity (Wildman–Crippen MR) is 88.1 cm³/mol. The number of pyridine rings is 1. The molecule has 0 bridgehead atoms. The highest BCUT2D eigenvalue weighted by molar-refractivity contribution is 9.09. The molecule has 2 heterocycles. The van der Waals surface area contributed by atoms with Crippen LogP contribution in [0.25, 0.3) is 0 Å². The van der Waals surface area contributed by atoms with Crippen molar-refractivity contribution in [2.24, 2.45) is 0 Å². The topological polar surface area (TPSA) is 40.6 Å². The van der Waals surface area contributed by atoms with Gasteiger partial charge in [0.05, 0.1) is 18.5 Å². The lowest BCUT2D eigenvalue weighted by Gasteiger charge is -2.28. The van der Waals surface area contributed by atoms with Crippen molar-refractivity contribution in [3.63, 3.8) is 0 Å². The molecule has 1 saturated heterocycles. The van der Waals surface area contributed by atoms with Crippen molar-refractivity contribution in [3.8, 4) is 11.6 Å². The lowest BCUT2D eigenvalue weighted by molar-refractivity contribution is -0.166. The van der Waals surface area contributed by atoms with E-state index in [0.29, 0.717) is 10.8 Å². The Morgan fingerprint density at radius 1 is 1.12 bits per heavy atom. The minimum absolute atomic E-state index is 0.0438. The van der Waals surface area contributed by atoms with Crippen molar-refractivity contribution >= 4 is 27.5 Å². The van der Waals surface area contributed by atoms with Gasteiger partial charge in [-0.05, 0) is 30.3 Å². The Hall–Kier alpha value is -1.35. The zero-order chi connectivity index (χ0) is 18.1. The van der Waals surface area contributed by atoms with Crippen molar-refractivity contribution in [2.75, 3.05) is 18.5 Å². The van der Waals surface area contributed by atoms with Crippen LogP contribution in [0.15, 0.2) is 36.4 Å². The van der Waals surface area contributed by atoms with Crippen LogP contribution in [-0.2, 0) is 21.4 Å². The highest BCUT2D eigenvalue weighted by Crippen LogP contribution is 2.41. The predicted octanol–water partition coefficient (Wildman–Crippen LogP) is 5.14. The summed E-state index contributed by atoms with van der Waals surface area (Å²) in [4.78, 5) is 3.64. The monoisotopic (exact) mass is 437 g/mol. The Morgan fingerprint density at radius 3 is 2.32 bits per heavy atom. The number of nitrogens with zero attached hydrogens (tertiary/aromatic N) is 1. The molecule has 134 valence electrons. The van der Waals surface area contributed by atoms with E-state index in [1.54, 1.807) is 12.1 Å². The summed E-state index contributed by atoms with van der Waals surface area (Å²) in [5, 5.41) is 0.531. The number of aromatic nitrogens is 1. The van der Waals surface area contributed by atoms with Gasteiger partial charge in [0.1, 0.15) is 5.75 Å². The van der Waals surface area contributed by atoms with Gasteiger partial charge in [-0.3, -0.25) is 0 Å². The second-order valence-corrected chi connectivity index (χ2v) is 6.18. The minimum Gasteiger partial charge on any atom is -0.439 e. The number of halogens is 5. The van der Waals surface area contributed by atoms with E-state index in [1.807, 2.05) is 0 Å². The summed E-state index contributed by atoms with van der Waals surface area (Å²) in [6.07, 6.45) is -4.70. The molecule has 0 aliphatic carbocycles. The summed E-state index contributed by atoms with van der Waals surface area (Å²) in [7, 11) is 0. The van der Waals surface area contributed by atoms with Gasteiger partial charge in [-0.25, -0.2) is 4.98 Å². The lowest BCUT2D eigenvalue weighted by Crippen LogP contribution is -2.32. The molecule has 25 heavy (non-hydrogen) atoms. The van der Waals surface area contributed by atoms with Crippen LogP contribution < -0.4 is 4.74 Å². The summed E-state index contributed by atoms with van der Waals surface area (Å²) in [5.41, 5.74) is -1.31. The molecule has 0 unspecified atom stereocenters. The fraction of sp³-hybridized carbons (Fsp3) is 0.312. The van der Waals surface area contributed by atoms with E-state index in [-0.39, 0.29) is 30.0 Å². The lowest BCUT2D eigenvalue weighted by atomic mass is 10.0. The summed E-state index contributed by atoms with van der Waals surface area (Å²) < 4.78 is 56.8. The third-order valence-corrected chi connectivity index (χ3v) is 4.50. The van der Waals surface area contributed by atoms with Crippen LogP contribution in [0.1, 0.15) is 11.3 Å². The van der Waals surface area contributed by atoms with Crippen molar-refractivity contribution in [1.82, 2.24) is 4.98 Å². The summed E-state index contributed by atoms with van der Waals surface area (Å²) in [5.74, 6) is -1.39. The van der Waals surface area contributed by atoms with Gasteiger partial charge in [-0.2, -0.15) is 13.2 Å². The molecular weight excluding hydrogens is 427 g/mol. The first kappa shape index (κ1) is 18.4. The molecule has 0 atom stereocenters. The van der Waals surface area contributed by atoms with E-state index in [4.69, 9.17) is 25.8 Å². The van der Waals surface area contributed by atoms with E-state index >= 15 is 0 Å². The average Bonchev–Trinajstić information content (AvgIpc) is 3.06. The molecule has 2 aromatic rings. The fourth-order valence-corrected chi connectivity index (χ4v) is 3.16. The first-order valence-electron chi connectivity index (χ1n) is 7.20. The molecule has 1 aromatic heterocycles. The zero-order valence-electron chi connectivity index (χ0n) is 12.6. The van der Waals surface area contributed by atoms with E-state index in [1.165, 1.54) is 24.3 Å². The Balaban J connectivity index is 1.99. The first-order chi connectivity index (χ1) is 11.8. The maximum atomic E-state index is 13.5. The van der Waals surface area contributed by atoms with Gasteiger partial charge in [0.2, 0.25) is 11.7 Å². The fourth-order valence-electron chi connectivity index (χ4n) is 2.40. The second kappa shape index (κ2) is 7.11. The van der Waals surface area contributed by atoms with Crippen LogP contribution in [-0.4, -0.2) is 23.5 Å². The quantitative estimate of drug-likeness (QED) is 0.620. The largest absolute Gasteiger partial charge is 0.439 e. The van der Waals surface area contributed by atoms with Gasteiger partial charge >= 0.3 is 6.18 Å². The third-order valence-electron chi connectivity index (χ3n) is 3.51. The molecule has 0 saturated carbocycles. The molecule has 1 aromatic carbocycles. The smallest absolute Gasteiger partial charge is 0.433 e. The molecule has 1 aliphatic heterocycles. The van der Waals surface area contributed by atoms with Gasteiger partial charge in [0, 0.05) is 16.7 Å². The summed E-state index contributed by atoms with van der Waals surface area (Å²) >= 11 is 8.93. The van der Waals surface area contributed by atoms with E-state index in [9.17, 15) is 13.2 Å². The van der Waals surface area contributed by atoms with Gasteiger partial charge in [-0.15, -0.1) is 0 Å². The number of hydrogen-bond donors (Lipinski definition) is 0. The van der Waals surface area contributed by atoms with Gasteiger partial charge in [-0.1, -0.05) is 27.5 Å². The van der Waals surface area contributed by atoms with Crippen molar-refractivity contribution in [3.05, 3.63) is 52.7 Å². The van der Waals surface area contributed by atoms with Crippen molar-refractivity contribution in [2.45, 2.75) is 12.0 Å². The molecule has 1 fully saturated rings. The number of ether oxygens (including phenoxy) is 3. The molecular formula is C16H12BrClF3NO3. The number of alkyl halides is 4. The average molecular weight is 439 g/mol. The number of rotatable bonds is 4. The highest BCUT2D eigenvalue weighted by atomic mass is 79.9. The van der Waals surface area contributed by atoms with Gasteiger partial charge in [0.15, 0.2) is 5.69 Å². The molecule has 0 amide bonds. The molecule has 9 heteroatoms. The Labute approximate surface area is 155 Å². The van der Waals surface area contributed by atoms with Crippen molar-refractivity contribution < 1.29 is 27.4 Å². The van der Waals surface area contributed by atoms with Crippen LogP contribution >= 0.6 is 27.5 Å². The summed E-state index contributed by atoms with van der Waals surface area (Å²) in [6, 6.07) is 8.80. The van der Waals surface area contributed by atoms with Crippen LogP contribution in [0, 0.1) is 0 Å². The second-order valence-electron chi connectivity index (χ2n) is 5.18. The standard InChI is InChI=1S/C16H12BrClF3NO3/c17-9-15(23-7-8-24-15)12-5-6-13(22-14(12)16(19,20)21)25-11-3-1-10(18)2-4-11/h1-6H,7-9H2. The number of hydrogen-bond acceptors (Lipinski definition) is 4. The molecule has 0 spiro atoms. The van der Waals surface area contributed by atoms with Gasteiger partial charge in [0.25, 0.3) is 0 Å². The van der Waals surface area contributed by atoms with Crippen LogP contribution in [0.2, 0.25) is 5.02 Å². The van der Waals surface area contributed by atoms with E-state index < -0.39 is 17.7 Å². The van der Waals surface area contributed by atoms with Gasteiger partial charge < -0.3 is 14.2 Å². The SMILES string of the molecule is FC(F)(F)c1nc(Oc2ccc(Cl)cc2)ccc1C1(CBr)OCCO1. The molecule has 1 aliphatic rings. The maximum Gasteiger partial charge on any atom is 0.433 e. The van der Waals surface area contributed by atoms with Crippen LogP contribution in [0.3, 0.4) is 0 Å². The molecule has 0 N–H and O–H groups in total. The van der Waals surface area contributed by atoms with Crippen LogP contribution in [0.5, 0.6) is 11.6 Å². The molecule has 4 nitrogen and oxygen atoms in total. The first-order valence-corrected chi connectivity index (χ1v) is 8.70. The van der Waals surface area contributed by atoms with Crippen LogP contribution in [0.4, 0.5) is 13.2 Å². The van der Waals surface area contributed by atoms with E-state index in [0.717, 1.165) is 0 Å². The summed E-state index contributed by atoms with van der Waals surface area (Å²) in [6.45, 7) is 0.401. The van der Waals surface area contributed by atoms with E-state index in [2.05, 4.69) is 20.9 Å². The third kappa shape index (κ3) is 3.92. The number of benzene rings is 1. The Morgan fingerprint density at radius 2 is 1.76 bits per heavy atom.